The Labute approximate surface area is 155 Å². The van der Waals surface area contributed by atoms with Crippen molar-refractivity contribution < 1.29 is 14.1 Å². The number of rotatable bonds is 4. The molecule has 2 heterocycles. The van der Waals surface area contributed by atoms with Gasteiger partial charge < -0.3 is 14.6 Å². The predicted octanol–water partition coefficient (Wildman–Crippen LogP) is 3.86. The minimum absolute atomic E-state index is 0.0539. The van der Waals surface area contributed by atoms with E-state index in [4.69, 9.17) is 20.9 Å². The van der Waals surface area contributed by atoms with Gasteiger partial charge in [0.1, 0.15) is 18.1 Å². The number of nitrogens with one attached hydrogen (secondary N) is 1. The van der Waals surface area contributed by atoms with E-state index in [2.05, 4.69) is 10.5 Å². The highest BCUT2D eigenvalue weighted by atomic mass is 35.5. The fourth-order valence-electron chi connectivity index (χ4n) is 3.00. The highest BCUT2D eigenvalue weighted by Crippen LogP contribution is 2.28. The normalized spacial score (nSPS) is 15.8. The average Bonchev–Trinajstić information content (AvgIpc) is 3.15. The van der Waals surface area contributed by atoms with Gasteiger partial charge in [0.25, 0.3) is 0 Å². The van der Waals surface area contributed by atoms with Crippen molar-refractivity contribution in [2.75, 3.05) is 6.61 Å². The largest absolute Gasteiger partial charge is 0.492 e. The van der Waals surface area contributed by atoms with Crippen LogP contribution in [0.3, 0.4) is 0 Å². The van der Waals surface area contributed by atoms with Crippen molar-refractivity contribution in [2.24, 2.45) is 5.92 Å². The van der Waals surface area contributed by atoms with E-state index in [0.717, 1.165) is 16.9 Å². The highest BCUT2D eigenvalue weighted by Gasteiger charge is 2.25. The number of amides is 1. The van der Waals surface area contributed by atoms with Crippen molar-refractivity contribution in [3.05, 3.63) is 70.9 Å². The number of aromatic nitrogens is 1. The maximum Gasteiger partial charge on any atom is 0.227 e. The molecule has 0 radical (unpaired) electrons. The van der Waals surface area contributed by atoms with E-state index >= 15 is 0 Å². The molecular weight excluding hydrogens is 352 g/mol. The van der Waals surface area contributed by atoms with Gasteiger partial charge in [0.2, 0.25) is 5.91 Å². The van der Waals surface area contributed by atoms with Gasteiger partial charge in [-0.3, -0.25) is 4.79 Å². The lowest BCUT2D eigenvalue weighted by molar-refractivity contribution is -0.126. The summed E-state index contributed by atoms with van der Waals surface area (Å²) in [6.45, 7) is 0.678. The lowest BCUT2D eigenvalue weighted by Crippen LogP contribution is -2.37. The third kappa shape index (κ3) is 3.44. The van der Waals surface area contributed by atoms with Gasteiger partial charge in [-0.25, -0.2) is 0 Å². The minimum atomic E-state index is -0.208. The summed E-state index contributed by atoms with van der Waals surface area (Å²) in [6.07, 6.45) is 0.672. The number of hydrogen-bond acceptors (Lipinski definition) is 4. The molecule has 1 amide bonds. The van der Waals surface area contributed by atoms with Crippen LogP contribution < -0.4 is 10.1 Å². The van der Waals surface area contributed by atoms with Crippen molar-refractivity contribution in [2.45, 2.75) is 13.0 Å². The van der Waals surface area contributed by atoms with Crippen LogP contribution in [0.25, 0.3) is 11.3 Å². The zero-order chi connectivity index (χ0) is 17.9. The van der Waals surface area contributed by atoms with Crippen LogP contribution in [0.4, 0.5) is 0 Å². The molecule has 6 heteroatoms. The Morgan fingerprint density at radius 2 is 2.00 bits per heavy atom. The number of carbonyl (C=O) groups is 1. The first-order valence-electron chi connectivity index (χ1n) is 8.39. The van der Waals surface area contributed by atoms with Crippen molar-refractivity contribution in [3.63, 3.8) is 0 Å². The molecular formula is C20H17ClN2O3. The second kappa shape index (κ2) is 7.22. The minimum Gasteiger partial charge on any atom is -0.492 e. The zero-order valence-electron chi connectivity index (χ0n) is 13.9. The summed E-state index contributed by atoms with van der Waals surface area (Å²) in [7, 11) is 0. The van der Waals surface area contributed by atoms with E-state index in [1.54, 1.807) is 12.1 Å². The molecule has 5 nitrogen and oxygen atoms in total. The summed E-state index contributed by atoms with van der Waals surface area (Å²) < 4.78 is 11.0. The molecule has 0 bridgehead atoms. The summed E-state index contributed by atoms with van der Waals surface area (Å²) in [5.41, 5.74) is 2.48. The molecule has 1 atom stereocenters. The summed E-state index contributed by atoms with van der Waals surface area (Å²) in [6, 6.07) is 17.0. The van der Waals surface area contributed by atoms with Crippen LogP contribution in [0.15, 0.2) is 59.1 Å². The first-order chi connectivity index (χ1) is 12.7. The van der Waals surface area contributed by atoms with Crippen molar-refractivity contribution in [3.8, 4) is 17.1 Å². The SMILES string of the molecule is O=C(NCc1cc(-c2ccccc2Cl)on1)C1COc2ccccc2C1. The second-order valence-electron chi connectivity index (χ2n) is 6.20. The number of fused-ring (bicyclic) bond motifs is 1. The van der Waals surface area contributed by atoms with E-state index in [-0.39, 0.29) is 11.8 Å². The molecule has 3 aromatic rings. The number of para-hydroxylation sites is 1. The lowest BCUT2D eigenvalue weighted by atomic mass is 9.96. The van der Waals surface area contributed by atoms with Crippen molar-refractivity contribution in [1.82, 2.24) is 10.5 Å². The van der Waals surface area contributed by atoms with Crippen LogP contribution in [-0.2, 0) is 17.8 Å². The molecule has 1 aliphatic heterocycles. The Kier molecular flexibility index (Phi) is 4.63. The molecule has 1 N–H and O–H groups in total. The van der Waals surface area contributed by atoms with E-state index in [1.165, 1.54) is 0 Å². The maximum atomic E-state index is 12.4. The van der Waals surface area contributed by atoms with Gasteiger partial charge in [-0.05, 0) is 30.2 Å². The smallest absolute Gasteiger partial charge is 0.227 e. The van der Waals surface area contributed by atoms with E-state index in [1.807, 2.05) is 42.5 Å². The van der Waals surface area contributed by atoms with Crippen molar-refractivity contribution in [1.29, 1.82) is 0 Å². The number of halogens is 1. The molecule has 0 aliphatic carbocycles. The monoisotopic (exact) mass is 368 g/mol. The first kappa shape index (κ1) is 16.7. The van der Waals surface area contributed by atoms with Gasteiger partial charge in [-0.2, -0.15) is 0 Å². The number of benzene rings is 2. The quantitative estimate of drug-likeness (QED) is 0.759. The molecule has 4 rings (SSSR count). The van der Waals surface area contributed by atoms with Gasteiger partial charge >= 0.3 is 0 Å². The molecule has 0 spiro atoms. The van der Waals surface area contributed by atoms with Crippen LogP contribution in [0.5, 0.6) is 5.75 Å². The molecule has 1 aromatic heterocycles. The van der Waals surface area contributed by atoms with E-state index in [9.17, 15) is 4.79 Å². The molecule has 0 saturated carbocycles. The van der Waals surface area contributed by atoms with Gasteiger partial charge in [0.05, 0.1) is 17.5 Å². The second-order valence-corrected chi connectivity index (χ2v) is 6.61. The van der Waals surface area contributed by atoms with E-state index in [0.29, 0.717) is 36.0 Å². The lowest BCUT2D eigenvalue weighted by Gasteiger charge is -2.24. The fourth-order valence-corrected chi connectivity index (χ4v) is 3.23. The van der Waals surface area contributed by atoms with Gasteiger partial charge in [0, 0.05) is 11.6 Å². The Hall–Kier alpha value is -2.79. The molecule has 1 unspecified atom stereocenters. The molecule has 0 fully saturated rings. The summed E-state index contributed by atoms with van der Waals surface area (Å²) in [4.78, 5) is 12.4. The van der Waals surface area contributed by atoms with Gasteiger partial charge in [-0.15, -0.1) is 0 Å². The zero-order valence-corrected chi connectivity index (χ0v) is 14.7. The number of carbonyl (C=O) groups excluding carboxylic acids is 1. The molecule has 1 aliphatic rings. The Balaban J connectivity index is 1.38. The molecule has 0 saturated heterocycles. The summed E-state index contributed by atoms with van der Waals surface area (Å²) in [5.74, 6) is 1.17. The third-order valence-corrected chi connectivity index (χ3v) is 4.72. The molecule has 132 valence electrons. The highest BCUT2D eigenvalue weighted by molar-refractivity contribution is 6.33. The van der Waals surface area contributed by atoms with Gasteiger partial charge in [0.15, 0.2) is 5.76 Å². The van der Waals surface area contributed by atoms with Crippen LogP contribution in [0.1, 0.15) is 11.3 Å². The number of ether oxygens (including phenoxy) is 1. The van der Waals surface area contributed by atoms with Crippen LogP contribution in [0.2, 0.25) is 5.02 Å². The Morgan fingerprint density at radius 1 is 1.19 bits per heavy atom. The maximum absolute atomic E-state index is 12.4. The standard InChI is InChI=1S/C20H17ClN2O3/c21-17-7-3-2-6-16(17)19-10-15(23-26-19)11-22-20(24)14-9-13-5-1-4-8-18(13)25-12-14/h1-8,10,14H,9,11-12H2,(H,22,24). The molecule has 2 aromatic carbocycles. The Morgan fingerprint density at radius 3 is 2.88 bits per heavy atom. The van der Waals surface area contributed by atoms with Crippen LogP contribution >= 0.6 is 11.6 Å². The Bertz CT molecular complexity index is 938. The van der Waals surface area contributed by atoms with E-state index < -0.39 is 0 Å². The topological polar surface area (TPSA) is 64.4 Å². The third-order valence-electron chi connectivity index (χ3n) is 4.39. The fraction of sp³-hybridized carbons (Fsp3) is 0.200. The first-order valence-corrected chi connectivity index (χ1v) is 8.77. The summed E-state index contributed by atoms with van der Waals surface area (Å²) in [5, 5.41) is 7.51. The predicted molar refractivity (Wildman–Crippen MR) is 97.9 cm³/mol. The summed E-state index contributed by atoms with van der Waals surface area (Å²) >= 11 is 6.17. The van der Waals surface area contributed by atoms with Gasteiger partial charge in [-0.1, -0.05) is 47.1 Å². The molecule has 26 heavy (non-hydrogen) atoms. The average molecular weight is 369 g/mol. The van der Waals surface area contributed by atoms with Crippen molar-refractivity contribution >= 4 is 17.5 Å². The van der Waals surface area contributed by atoms with Crippen LogP contribution in [0, 0.1) is 5.92 Å². The van der Waals surface area contributed by atoms with Crippen LogP contribution in [-0.4, -0.2) is 17.7 Å². The number of nitrogens with zero attached hydrogens (tertiary/aromatic N) is 1. The number of hydrogen-bond donors (Lipinski definition) is 1.